The van der Waals surface area contributed by atoms with Crippen LogP contribution in [0, 0.1) is 0 Å². The van der Waals surface area contributed by atoms with E-state index in [0.29, 0.717) is 24.2 Å². The first-order valence-electron chi connectivity index (χ1n) is 7.88. The normalized spacial score (nSPS) is 18.0. The number of phenolic OH excluding ortho intramolecular Hbond substituents is 1. The van der Waals surface area contributed by atoms with E-state index in [4.69, 9.17) is 4.74 Å². The molecule has 0 atom stereocenters. The van der Waals surface area contributed by atoms with Crippen LogP contribution in [0.2, 0.25) is 0 Å². The van der Waals surface area contributed by atoms with Gasteiger partial charge in [-0.2, -0.15) is 0 Å². The zero-order chi connectivity index (χ0) is 16.5. The van der Waals surface area contributed by atoms with Crippen molar-refractivity contribution in [1.82, 2.24) is 0 Å². The molecular weight excluding hydrogens is 280 g/mol. The fraction of sp³-hybridized carbons (Fsp3) is 0.611. The third-order valence-corrected chi connectivity index (χ3v) is 4.76. The molecule has 1 aliphatic carbocycles. The van der Waals surface area contributed by atoms with E-state index in [0.717, 1.165) is 24.8 Å². The number of carboxylic acids is 1. The molecule has 0 radical (unpaired) electrons. The first-order chi connectivity index (χ1) is 10.2. The summed E-state index contributed by atoms with van der Waals surface area (Å²) in [5.74, 6) is -0.116. The summed E-state index contributed by atoms with van der Waals surface area (Å²) >= 11 is 0. The highest BCUT2D eigenvalue weighted by atomic mass is 16.5. The fourth-order valence-corrected chi connectivity index (χ4v) is 3.47. The van der Waals surface area contributed by atoms with Gasteiger partial charge in [-0.05, 0) is 30.4 Å². The van der Waals surface area contributed by atoms with Crippen molar-refractivity contribution < 1.29 is 19.7 Å². The number of carbonyl (C=O) groups is 1. The molecule has 0 bridgehead atoms. The number of carboxylic acid groups (broad SMARTS) is 1. The van der Waals surface area contributed by atoms with Crippen LogP contribution in [0.4, 0.5) is 0 Å². The lowest BCUT2D eigenvalue weighted by atomic mass is 9.68. The second kappa shape index (κ2) is 5.82. The van der Waals surface area contributed by atoms with Gasteiger partial charge in [0, 0.05) is 11.1 Å². The van der Waals surface area contributed by atoms with E-state index in [1.807, 2.05) is 20.8 Å². The highest BCUT2D eigenvalue weighted by Crippen LogP contribution is 2.47. The van der Waals surface area contributed by atoms with Gasteiger partial charge < -0.3 is 14.9 Å². The Labute approximate surface area is 132 Å². The maximum absolute atomic E-state index is 12.0. The number of rotatable bonds is 3. The van der Waals surface area contributed by atoms with Crippen LogP contribution in [0.1, 0.15) is 64.0 Å². The molecule has 0 amide bonds. The van der Waals surface area contributed by atoms with Crippen LogP contribution >= 0.6 is 0 Å². The molecule has 0 aromatic heterocycles. The first-order valence-corrected chi connectivity index (χ1v) is 7.88. The van der Waals surface area contributed by atoms with Gasteiger partial charge in [0.15, 0.2) is 0 Å². The molecule has 1 fully saturated rings. The summed E-state index contributed by atoms with van der Waals surface area (Å²) in [7, 11) is 1.56. The van der Waals surface area contributed by atoms with Crippen LogP contribution in [-0.4, -0.2) is 23.3 Å². The molecule has 1 aliphatic rings. The van der Waals surface area contributed by atoms with Gasteiger partial charge in [-0.25, -0.2) is 0 Å². The highest BCUT2D eigenvalue weighted by Gasteiger charge is 2.44. The van der Waals surface area contributed by atoms with Gasteiger partial charge in [-0.1, -0.05) is 40.0 Å². The molecule has 0 spiro atoms. The molecule has 22 heavy (non-hydrogen) atoms. The zero-order valence-electron chi connectivity index (χ0n) is 13.9. The molecule has 0 aliphatic heterocycles. The summed E-state index contributed by atoms with van der Waals surface area (Å²) < 4.78 is 5.49. The van der Waals surface area contributed by atoms with Gasteiger partial charge in [0.2, 0.25) is 0 Å². The number of ether oxygens (including phenoxy) is 1. The molecule has 2 rings (SSSR count). The SMILES string of the molecule is COc1cc(C(C)(C)C)c(O)cc1C1(C(=O)O)CCCCC1. The van der Waals surface area contributed by atoms with Crippen LogP contribution in [-0.2, 0) is 15.6 Å². The average molecular weight is 306 g/mol. The molecule has 122 valence electrons. The van der Waals surface area contributed by atoms with Crippen LogP contribution in [0.3, 0.4) is 0 Å². The predicted molar refractivity (Wildman–Crippen MR) is 85.8 cm³/mol. The summed E-state index contributed by atoms with van der Waals surface area (Å²) in [6.45, 7) is 6.03. The Morgan fingerprint density at radius 1 is 1.18 bits per heavy atom. The van der Waals surface area contributed by atoms with Crippen molar-refractivity contribution in [3.8, 4) is 11.5 Å². The van der Waals surface area contributed by atoms with Crippen LogP contribution in [0.25, 0.3) is 0 Å². The van der Waals surface area contributed by atoms with Gasteiger partial charge in [0.25, 0.3) is 0 Å². The monoisotopic (exact) mass is 306 g/mol. The van der Waals surface area contributed by atoms with E-state index in [2.05, 4.69) is 0 Å². The van der Waals surface area contributed by atoms with Gasteiger partial charge in [-0.15, -0.1) is 0 Å². The Bertz CT molecular complexity index is 563. The summed E-state index contributed by atoms with van der Waals surface area (Å²) in [5.41, 5.74) is 0.188. The fourth-order valence-electron chi connectivity index (χ4n) is 3.47. The smallest absolute Gasteiger partial charge is 0.314 e. The quantitative estimate of drug-likeness (QED) is 0.886. The summed E-state index contributed by atoms with van der Waals surface area (Å²) in [6, 6.07) is 3.41. The maximum atomic E-state index is 12.0. The van der Waals surface area contributed by atoms with Crippen LogP contribution in [0.15, 0.2) is 12.1 Å². The van der Waals surface area contributed by atoms with Crippen molar-refractivity contribution in [2.24, 2.45) is 0 Å². The average Bonchev–Trinajstić information content (AvgIpc) is 2.46. The zero-order valence-corrected chi connectivity index (χ0v) is 13.9. The van der Waals surface area contributed by atoms with E-state index >= 15 is 0 Å². The second-order valence-electron chi connectivity index (χ2n) is 7.27. The molecule has 1 saturated carbocycles. The molecule has 4 nitrogen and oxygen atoms in total. The minimum atomic E-state index is -0.947. The molecule has 2 N–H and O–H groups in total. The van der Waals surface area contributed by atoms with Crippen molar-refractivity contribution in [2.45, 2.75) is 63.7 Å². The lowest BCUT2D eigenvalue weighted by Crippen LogP contribution is -2.38. The minimum absolute atomic E-state index is 0.148. The number of aliphatic carboxylic acids is 1. The maximum Gasteiger partial charge on any atom is 0.314 e. The van der Waals surface area contributed by atoms with Crippen molar-refractivity contribution in [1.29, 1.82) is 0 Å². The third kappa shape index (κ3) is 2.79. The highest BCUT2D eigenvalue weighted by molar-refractivity contribution is 5.83. The molecule has 0 heterocycles. The van der Waals surface area contributed by atoms with E-state index in [9.17, 15) is 15.0 Å². The van der Waals surface area contributed by atoms with Gasteiger partial charge in [-0.3, -0.25) is 4.79 Å². The van der Waals surface area contributed by atoms with Gasteiger partial charge in [0.1, 0.15) is 11.5 Å². The Hall–Kier alpha value is -1.71. The van der Waals surface area contributed by atoms with Crippen LogP contribution in [0.5, 0.6) is 11.5 Å². The molecule has 1 aromatic rings. The molecule has 0 saturated heterocycles. The molecule has 1 aromatic carbocycles. The van der Waals surface area contributed by atoms with Crippen molar-refractivity contribution in [2.75, 3.05) is 7.11 Å². The van der Waals surface area contributed by atoms with Gasteiger partial charge >= 0.3 is 5.97 Å². The molecule has 4 heteroatoms. The standard InChI is InChI=1S/C18H26O4/c1-17(2,3)12-11-15(22-4)13(10-14(12)19)18(16(20)21)8-6-5-7-9-18/h10-11,19H,5-9H2,1-4H3,(H,20,21). The number of methoxy groups -OCH3 is 1. The summed E-state index contributed by atoms with van der Waals surface area (Å²) in [5, 5.41) is 20.3. The summed E-state index contributed by atoms with van der Waals surface area (Å²) in [6.07, 6.45) is 4.01. The van der Waals surface area contributed by atoms with Crippen LogP contribution < -0.4 is 4.74 Å². The van der Waals surface area contributed by atoms with Crippen molar-refractivity contribution in [3.05, 3.63) is 23.3 Å². The Morgan fingerprint density at radius 3 is 2.23 bits per heavy atom. The minimum Gasteiger partial charge on any atom is -0.508 e. The van der Waals surface area contributed by atoms with E-state index in [1.54, 1.807) is 19.2 Å². The largest absolute Gasteiger partial charge is 0.508 e. The Kier molecular flexibility index (Phi) is 4.41. The number of benzene rings is 1. The number of phenols is 1. The Balaban J connectivity index is 2.63. The topological polar surface area (TPSA) is 66.8 Å². The molecule has 0 unspecified atom stereocenters. The molecular formula is C18H26O4. The Morgan fingerprint density at radius 2 is 1.77 bits per heavy atom. The van der Waals surface area contributed by atoms with E-state index in [1.165, 1.54) is 0 Å². The first kappa shape index (κ1) is 16.7. The van der Waals surface area contributed by atoms with Crippen molar-refractivity contribution in [3.63, 3.8) is 0 Å². The van der Waals surface area contributed by atoms with Crippen molar-refractivity contribution >= 4 is 5.97 Å². The van der Waals surface area contributed by atoms with E-state index < -0.39 is 11.4 Å². The second-order valence-corrected chi connectivity index (χ2v) is 7.27. The van der Waals surface area contributed by atoms with E-state index in [-0.39, 0.29) is 11.2 Å². The number of hydrogen-bond acceptors (Lipinski definition) is 3. The number of aromatic hydroxyl groups is 1. The predicted octanol–water partition coefficient (Wildman–Crippen LogP) is 3.98. The lowest BCUT2D eigenvalue weighted by molar-refractivity contribution is -0.145. The van der Waals surface area contributed by atoms with Gasteiger partial charge in [0.05, 0.1) is 12.5 Å². The number of hydrogen-bond donors (Lipinski definition) is 2. The third-order valence-electron chi connectivity index (χ3n) is 4.76. The lowest BCUT2D eigenvalue weighted by Gasteiger charge is -2.35. The summed E-state index contributed by atoms with van der Waals surface area (Å²) in [4.78, 5) is 12.0.